The molecule has 0 saturated carbocycles. The second-order valence-electron chi connectivity index (χ2n) is 5.72. The average molecular weight is 375 g/mol. The summed E-state index contributed by atoms with van der Waals surface area (Å²) in [6.45, 7) is 4.49. The van der Waals surface area contributed by atoms with Gasteiger partial charge in [0.2, 0.25) is 0 Å². The molecule has 0 bridgehead atoms. The van der Waals surface area contributed by atoms with Crippen molar-refractivity contribution in [1.29, 1.82) is 0 Å². The van der Waals surface area contributed by atoms with Gasteiger partial charge in [-0.2, -0.15) is 5.10 Å². The predicted molar refractivity (Wildman–Crippen MR) is 104 cm³/mol. The Morgan fingerprint density at radius 2 is 1.81 bits per heavy atom. The molecule has 5 nitrogen and oxygen atoms in total. The van der Waals surface area contributed by atoms with Gasteiger partial charge in [-0.05, 0) is 67.4 Å². The van der Waals surface area contributed by atoms with Crippen LogP contribution in [0.1, 0.15) is 32.3 Å². The lowest BCUT2D eigenvalue weighted by atomic mass is 10.2. The number of hydrazone groups is 1. The molecule has 0 saturated heterocycles. The van der Waals surface area contributed by atoms with Crippen LogP contribution in [0.15, 0.2) is 53.6 Å². The van der Waals surface area contributed by atoms with Crippen LogP contribution in [0.2, 0.25) is 5.02 Å². The number of hydrogen-bond acceptors (Lipinski definition) is 4. The van der Waals surface area contributed by atoms with Crippen LogP contribution in [-0.2, 0) is 4.79 Å². The Morgan fingerprint density at radius 1 is 1.15 bits per heavy atom. The number of hydrogen-bond donors (Lipinski definition) is 1. The number of nitrogens with one attached hydrogen (secondary N) is 1. The molecule has 0 spiro atoms. The first kappa shape index (κ1) is 19.8. The first-order valence-electron chi connectivity index (χ1n) is 8.56. The summed E-state index contributed by atoms with van der Waals surface area (Å²) in [5.41, 5.74) is 3.33. The number of rotatable bonds is 9. The van der Waals surface area contributed by atoms with E-state index in [-0.39, 0.29) is 5.91 Å². The van der Waals surface area contributed by atoms with Crippen LogP contribution in [0.25, 0.3) is 0 Å². The highest BCUT2D eigenvalue weighted by Crippen LogP contribution is 2.16. The lowest BCUT2D eigenvalue weighted by molar-refractivity contribution is -0.127. The Kier molecular flexibility index (Phi) is 7.96. The van der Waals surface area contributed by atoms with Gasteiger partial charge >= 0.3 is 0 Å². The smallest absolute Gasteiger partial charge is 0.280 e. The number of amides is 1. The summed E-state index contributed by atoms with van der Waals surface area (Å²) in [5.74, 6) is 1.06. The zero-order chi connectivity index (χ0) is 18.8. The molecule has 0 aliphatic carbocycles. The van der Waals surface area contributed by atoms with Gasteiger partial charge in [0.25, 0.3) is 5.91 Å². The van der Waals surface area contributed by atoms with Crippen LogP contribution in [0.3, 0.4) is 0 Å². The molecule has 2 rings (SSSR count). The molecule has 0 unspecified atom stereocenters. The zero-order valence-corrected chi connectivity index (χ0v) is 15.7. The summed E-state index contributed by atoms with van der Waals surface area (Å²) in [5, 5.41) is 4.57. The van der Waals surface area contributed by atoms with E-state index in [1.165, 1.54) is 0 Å². The number of ether oxygens (including phenoxy) is 2. The van der Waals surface area contributed by atoms with E-state index >= 15 is 0 Å². The first-order valence-corrected chi connectivity index (χ1v) is 8.94. The van der Waals surface area contributed by atoms with Crippen LogP contribution < -0.4 is 14.9 Å². The van der Waals surface area contributed by atoms with Gasteiger partial charge in [0.05, 0.1) is 12.8 Å². The molecule has 2 aromatic carbocycles. The van der Waals surface area contributed by atoms with Crippen molar-refractivity contribution in [1.82, 2.24) is 5.43 Å². The molecular weight excluding hydrogens is 352 g/mol. The lowest BCUT2D eigenvalue weighted by Crippen LogP contribution is -2.33. The third-order valence-electron chi connectivity index (χ3n) is 3.53. The van der Waals surface area contributed by atoms with E-state index < -0.39 is 6.10 Å². The van der Waals surface area contributed by atoms with E-state index in [1.807, 2.05) is 24.3 Å². The molecule has 0 aromatic heterocycles. The van der Waals surface area contributed by atoms with Gasteiger partial charge < -0.3 is 9.47 Å². The Hall–Kier alpha value is -2.53. The average Bonchev–Trinajstić information content (AvgIpc) is 2.65. The van der Waals surface area contributed by atoms with Gasteiger partial charge in [0.15, 0.2) is 6.10 Å². The molecule has 0 radical (unpaired) electrons. The highest BCUT2D eigenvalue weighted by atomic mass is 35.5. The SMILES string of the molecule is CCCCOc1ccc(/C=N\NC(=O)[C@@H](C)Oc2ccc(Cl)cc2)cc1. The number of nitrogens with zero attached hydrogens (tertiary/aromatic N) is 1. The molecule has 1 amide bonds. The maximum atomic E-state index is 12.0. The maximum absolute atomic E-state index is 12.0. The molecule has 1 N–H and O–H groups in total. The van der Waals surface area contributed by atoms with Crippen molar-refractivity contribution in [2.75, 3.05) is 6.61 Å². The first-order chi connectivity index (χ1) is 12.6. The molecule has 0 heterocycles. The molecular formula is C20H23ClN2O3. The van der Waals surface area contributed by atoms with E-state index in [4.69, 9.17) is 21.1 Å². The Balaban J connectivity index is 1.79. The summed E-state index contributed by atoms with van der Waals surface area (Å²) >= 11 is 5.82. The van der Waals surface area contributed by atoms with Crippen LogP contribution in [0.5, 0.6) is 11.5 Å². The van der Waals surface area contributed by atoms with Crippen LogP contribution >= 0.6 is 11.6 Å². The van der Waals surface area contributed by atoms with Crippen molar-refractivity contribution in [2.24, 2.45) is 5.10 Å². The fraction of sp³-hybridized carbons (Fsp3) is 0.300. The molecule has 0 aliphatic rings. The minimum absolute atomic E-state index is 0.337. The summed E-state index contributed by atoms with van der Waals surface area (Å²) < 4.78 is 11.1. The monoisotopic (exact) mass is 374 g/mol. The molecule has 1 atom stereocenters. The second-order valence-corrected chi connectivity index (χ2v) is 6.16. The Bertz CT molecular complexity index is 715. The van der Waals surface area contributed by atoms with E-state index in [2.05, 4.69) is 17.5 Å². The van der Waals surface area contributed by atoms with E-state index in [0.29, 0.717) is 17.4 Å². The topological polar surface area (TPSA) is 59.9 Å². The highest BCUT2D eigenvalue weighted by Gasteiger charge is 2.13. The van der Waals surface area contributed by atoms with Gasteiger partial charge in [-0.25, -0.2) is 5.43 Å². The third kappa shape index (κ3) is 6.76. The van der Waals surface area contributed by atoms with Gasteiger partial charge in [-0.1, -0.05) is 24.9 Å². The number of halogens is 1. The van der Waals surface area contributed by atoms with Crippen LogP contribution in [0.4, 0.5) is 0 Å². The molecule has 2 aromatic rings. The Morgan fingerprint density at radius 3 is 2.46 bits per heavy atom. The Labute approximate surface area is 159 Å². The van der Waals surface area contributed by atoms with Crippen LogP contribution in [0, 0.1) is 0 Å². The van der Waals surface area contributed by atoms with E-state index in [9.17, 15) is 4.79 Å². The lowest BCUT2D eigenvalue weighted by Gasteiger charge is -2.12. The largest absolute Gasteiger partial charge is 0.494 e. The minimum Gasteiger partial charge on any atom is -0.494 e. The van der Waals surface area contributed by atoms with Crippen molar-refractivity contribution >= 4 is 23.7 Å². The third-order valence-corrected chi connectivity index (χ3v) is 3.78. The summed E-state index contributed by atoms with van der Waals surface area (Å²) in [6.07, 6.45) is 3.03. The zero-order valence-electron chi connectivity index (χ0n) is 14.9. The van der Waals surface area contributed by atoms with Gasteiger partial charge in [-0.3, -0.25) is 4.79 Å². The number of unbranched alkanes of at least 4 members (excludes halogenated alkanes) is 1. The molecule has 26 heavy (non-hydrogen) atoms. The quantitative estimate of drug-likeness (QED) is 0.401. The maximum Gasteiger partial charge on any atom is 0.280 e. The molecule has 0 aliphatic heterocycles. The summed E-state index contributed by atoms with van der Waals surface area (Å²) in [6, 6.07) is 14.3. The molecule has 138 valence electrons. The highest BCUT2D eigenvalue weighted by molar-refractivity contribution is 6.30. The molecule has 0 fully saturated rings. The number of benzene rings is 2. The fourth-order valence-electron chi connectivity index (χ4n) is 2.02. The van der Waals surface area contributed by atoms with Gasteiger partial charge in [0.1, 0.15) is 11.5 Å². The van der Waals surface area contributed by atoms with Gasteiger partial charge in [-0.15, -0.1) is 0 Å². The van der Waals surface area contributed by atoms with Crippen LogP contribution in [-0.4, -0.2) is 24.8 Å². The standard InChI is InChI=1S/C20H23ClN2O3/c1-3-4-13-25-18-9-5-16(6-10-18)14-22-23-20(24)15(2)26-19-11-7-17(21)8-12-19/h5-12,14-15H,3-4,13H2,1-2H3,(H,23,24)/b22-14-/t15-/m1/s1. The van der Waals surface area contributed by atoms with Gasteiger partial charge in [0, 0.05) is 5.02 Å². The normalized spacial score (nSPS) is 12.0. The summed E-state index contributed by atoms with van der Waals surface area (Å²) in [7, 11) is 0. The minimum atomic E-state index is -0.678. The predicted octanol–water partition coefficient (Wildman–Crippen LogP) is 4.44. The van der Waals surface area contributed by atoms with Crippen molar-refractivity contribution in [3.8, 4) is 11.5 Å². The van der Waals surface area contributed by atoms with Crippen molar-refractivity contribution in [3.05, 3.63) is 59.1 Å². The summed E-state index contributed by atoms with van der Waals surface area (Å²) in [4.78, 5) is 12.0. The van der Waals surface area contributed by atoms with Crippen molar-refractivity contribution in [3.63, 3.8) is 0 Å². The number of carbonyl (C=O) groups excluding carboxylic acids is 1. The van der Waals surface area contributed by atoms with E-state index in [1.54, 1.807) is 37.4 Å². The second kappa shape index (κ2) is 10.5. The van der Waals surface area contributed by atoms with Crippen molar-refractivity contribution < 1.29 is 14.3 Å². The number of carbonyl (C=O) groups is 1. The molecule has 6 heteroatoms. The fourth-order valence-corrected chi connectivity index (χ4v) is 2.14. The van der Waals surface area contributed by atoms with E-state index in [0.717, 1.165) is 24.2 Å². The van der Waals surface area contributed by atoms with Crippen molar-refractivity contribution in [2.45, 2.75) is 32.8 Å².